The van der Waals surface area contributed by atoms with E-state index in [-0.39, 0.29) is 22.9 Å². The van der Waals surface area contributed by atoms with Gasteiger partial charge in [-0.25, -0.2) is 0 Å². The van der Waals surface area contributed by atoms with Crippen LogP contribution < -0.4 is 14.9 Å². The van der Waals surface area contributed by atoms with Crippen molar-refractivity contribution in [1.82, 2.24) is 0 Å². The Balaban J connectivity index is 1.77. The molecule has 0 aliphatic heterocycles. The van der Waals surface area contributed by atoms with Gasteiger partial charge in [0.15, 0.2) is 11.5 Å². The molecule has 0 saturated carbocycles. The number of hydrazone groups is 1. The van der Waals surface area contributed by atoms with E-state index in [1.807, 2.05) is 0 Å². The average molecular weight is 453 g/mol. The molecule has 0 aliphatic carbocycles. The van der Waals surface area contributed by atoms with Crippen LogP contribution in [0.25, 0.3) is 0 Å². The molecule has 0 fully saturated rings. The SMILES string of the molecule is COc1cc(/C=N\Nc2ccc([N+](=O)[O-])cc2)ccc1Oc1ccc([N+](=O)[O-])cc1[N+](=O)[O-]. The topological polar surface area (TPSA) is 172 Å². The third kappa shape index (κ3) is 5.55. The number of benzene rings is 3. The molecule has 3 aromatic carbocycles. The van der Waals surface area contributed by atoms with Gasteiger partial charge in [-0.3, -0.25) is 35.8 Å². The molecule has 33 heavy (non-hydrogen) atoms. The predicted molar refractivity (Wildman–Crippen MR) is 117 cm³/mol. The Morgan fingerprint density at radius 2 is 1.42 bits per heavy atom. The molecule has 0 amide bonds. The minimum absolute atomic E-state index is 0.0434. The maximum absolute atomic E-state index is 11.3. The second kappa shape index (κ2) is 9.82. The van der Waals surface area contributed by atoms with Crippen molar-refractivity contribution in [2.45, 2.75) is 0 Å². The summed E-state index contributed by atoms with van der Waals surface area (Å²) >= 11 is 0. The zero-order valence-electron chi connectivity index (χ0n) is 16.9. The van der Waals surface area contributed by atoms with Gasteiger partial charge in [-0.05, 0) is 42.0 Å². The Morgan fingerprint density at radius 1 is 0.788 bits per heavy atom. The summed E-state index contributed by atoms with van der Waals surface area (Å²) in [5.74, 6) is 0.196. The van der Waals surface area contributed by atoms with Gasteiger partial charge in [0.1, 0.15) is 0 Å². The van der Waals surface area contributed by atoms with Crippen molar-refractivity contribution in [2.75, 3.05) is 12.5 Å². The first kappa shape index (κ1) is 22.6. The third-order valence-corrected chi connectivity index (χ3v) is 4.24. The van der Waals surface area contributed by atoms with Gasteiger partial charge in [0, 0.05) is 18.2 Å². The number of nitrogens with one attached hydrogen (secondary N) is 1. The predicted octanol–water partition coefficient (Wildman–Crippen LogP) is 4.66. The lowest BCUT2D eigenvalue weighted by atomic mass is 10.2. The van der Waals surface area contributed by atoms with Crippen molar-refractivity contribution in [3.05, 3.63) is 96.6 Å². The van der Waals surface area contributed by atoms with E-state index in [9.17, 15) is 30.3 Å². The summed E-state index contributed by atoms with van der Waals surface area (Å²) in [6.07, 6.45) is 1.46. The van der Waals surface area contributed by atoms with E-state index in [2.05, 4.69) is 10.5 Å². The summed E-state index contributed by atoms with van der Waals surface area (Å²) in [6, 6.07) is 13.4. The molecule has 0 radical (unpaired) electrons. The van der Waals surface area contributed by atoms with E-state index in [0.29, 0.717) is 11.3 Å². The summed E-state index contributed by atoms with van der Waals surface area (Å²) < 4.78 is 10.9. The van der Waals surface area contributed by atoms with E-state index in [1.165, 1.54) is 43.7 Å². The number of hydrogen-bond acceptors (Lipinski definition) is 10. The molecule has 168 valence electrons. The van der Waals surface area contributed by atoms with Crippen LogP contribution in [-0.2, 0) is 0 Å². The monoisotopic (exact) mass is 453 g/mol. The van der Waals surface area contributed by atoms with Crippen LogP contribution in [0.1, 0.15) is 5.56 Å². The molecule has 0 spiro atoms. The minimum atomic E-state index is -0.778. The van der Waals surface area contributed by atoms with Gasteiger partial charge in [0.25, 0.3) is 11.4 Å². The molecular formula is C20H15N5O8. The van der Waals surface area contributed by atoms with Crippen LogP contribution in [0.4, 0.5) is 22.7 Å². The Hall–Kier alpha value is -5.07. The number of nitrogens with zero attached hydrogens (tertiary/aromatic N) is 4. The number of non-ortho nitro benzene ring substituents is 2. The molecule has 0 atom stereocenters. The van der Waals surface area contributed by atoms with Crippen molar-refractivity contribution in [2.24, 2.45) is 5.10 Å². The smallest absolute Gasteiger partial charge is 0.318 e. The Kier molecular flexibility index (Phi) is 6.73. The maximum Gasteiger partial charge on any atom is 0.318 e. The van der Waals surface area contributed by atoms with Crippen LogP contribution in [0.15, 0.2) is 65.8 Å². The van der Waals surface area contributed by atoms with Gasteiger partial charge in [0.2, 0.25) is 5.75 Å². The van der Waals surface area contributed by atoms with Gasteiger partial charge < -0.3 is 9.47 Å². The number of rotatable bonds is 9. The normalized spacial score (nSPS) is 10.6. The second-order valence-electron chi connectivity index (χ2n) is 6.35. The minimum Gasteiger partial charge on any atom is -0.493 e. The van der Waals surface area contributed by atoms with E-state index >= 15 is 0 Å². The van der Waals surface area contributed by atoms with Crippen molar-refractivity contribution >= 4 is 29.0 Å². The zero-order chi connectivity index (χ0) is 24.0. The van der Waals surface area contributed by atoms with Crippen LogP contribution in [0.5, 0.6) is 17.2 Å². The highest BCUT2D eigenvalue weighted by atomic mass is 16.6. The lowest BCUT2D eigenvalue weighted by Crippen LogP contribution is -1.98. The molecule has 13 nitrogen and oxygen atoms in total. The highest BCUT2D eigenvalue weighted by Crippen LogP contribution is 2.38. The highest BCUT2D eigenvalue weighted by Gasteiger charge is 2.22. The summed E-state index contributed by atoms with van der Waals surface area (Å²) in [6.45, 7) is 0. The number of anilines is 1. The van der Waals surface area contributed by atoms with Crippen molar-refractivity contribution in [3.63, 3.8) is 0 Å². The van der Waals surface area contributed by atoms with E-state index in [4.69, 9.17) is 9.47 Å². The summed E-state index contributed by atoms with van der Waals surface area (Å²) in [4.78, 5) is 30.8. The number of nitro groups is 3. The summed E-state index contributed by atoms with van der Waals surface area (Å²) in [5, 5.41) is 36.9. The van der Waals surface area contributed by atoms with Gasteiger partial charge in [-0.2, -0.15) is 5.10 Å². The first-order valence-electron chi connectivity index (χ1n) is 9.10. The number of hydrogen-bond donors (Lipinski definition) is 1. The van der Waals surface area contributed by atoms with E-state index < -0.39 is 26.1 Å². The molecule has 0 unspecified atom stereocenters. The fourth-order valence-corrected chi connectivity index (χ4v) is 2.65. The Morgan fingerprint density at radius 3 is 2.03 bits per heavy atom. The van der Waals surface area contributed by atoms with Gasteiger partial charge in [-0.1, -0.05) is 0 Å². The first-order chi connectivity index (χ1) is 15.8. The van der Waals surface area contributed by atoms with Crippen LogP contribution in [-0.4, -0.2) is 28.1 Å². The standard InChI is InChI=1S/C20H15N5O8/c1-32-20-10-13(12-21-22-14-3-5-15(6-4-14)23(26)27)2-8-19(20)33-18-9-7-16(24(28)29)11-17(18)25(30)31/h2-12,22H,1H3/b21-12-. The quantitative estimate of drug-likeness (QED) is 0.275. The fraction of sp³-hybridized carbons (Fsp3) is 0.0500. The fourth-order valence-electron chi connectivity index (χ4n) is 2.65. The van der Waals surface area contributed by atoms with Crippen molar-refractivity contribution < 1.29 is 24.2 Å². The van der Waals surface area contributed by atoms with Crippen LogP contribution >= 0.6 is 0 Å². The number of methoxy groups -OCH3 is 1. The Bertz CT molecular complexity index is 1240. The molecule has 0 aromatic heterocycles. The average Bonchev–Trinajstić information content (AvgIpc) is 2.80. The lowest BCUT2D eigenvalue weighted by Gasteiger charge is -2.11. The second-order valence-corrected chi connectivity index (χ2v) is 6.35. The van der Waals surface area contributed by atoms with Crippen LogP contribution in [0.2, 0.25) is 0 Å². The molecule has 0 aliphatic rings. The van der Waals surface area contributed by atoms with Crippen molar-refractivity contribution in [1.29, 1.82) is 0 Å². The summed E-state index contributed by atoms with van der Waals surface area (Å²) in [5.41, 5.74) is 2.81. The third-order valence-electron chi connectivity index (χ3n) is 4.24. The molecule has 0 bridgehead atoms. The molecule has 3 aromatic rings. The molecule has 0 saturated heterocycles. The first-order valence-corrected chi connectivity index (χ1v) is 9.10. The molecule has 3 rings (SSSR count). The van der Waals surface area contributed by atoms with E-state index in [0.717, 1.165) is 18.2 Å². The number of ether oxygens (including phenoxy) is 2. The molecule has 13 heteroatoms. The molecular weight excluding hydrogens is 438 g/mol. The van der Waals surface area contributed by atoms with Crippen LogP contribution in [0, 0.1) is 30.3 Å². The molecule has 0 heterocycles. The highest BCUT2D eigenvalue weighted by molar-refractivity contribution is 5.81. The lowest BCUT2D eigenvalue weighted by molar-refractivity contribution is -0.394. The van der Waals surface area contributed by atoms with E-state index in [1.54, 1.807) is 12.1 Å². The summed E-state index contributed by atoms with van der Waals surface area (Å²) in [7, 11) is 1.38. The van der Waals surface area contributed by atoms with Gasteiger partial charge >= 0.3 is 5.69 Å². The van der Waals surface area contributed by atoms with Gasteiger partial charge in [-0.15, -0.1) is 0 Å². The largest absolute Gasteiger partial charge is 0.493 e. The van der Waals surface area contributed by atoms with Gasteiger partial charge in [0.05, 0.1) is 39.8 Å². The zero-order valence-corrected chi connectivity index (χ0v) is 16.9. The molecule has 1 N–H and O–H groups in total. The maximum atomic E-state index is 11.3. The van der Waals surface area contributed by atoms with Crippen molar-refractivity contribution in [3.8, 4) is 17.2 Å². The van der Waals surface area contributed by atoms with Crippen LogP contribution in [0.3, 0.4) is 0 Å². The number of nitro benzene ring substituents is 3. The Labute approximate surface area is 185 Å².